The summed E-state index contributed by atoms with van der Waals surface area (Å²) in [5.41, 5.74) is 8.48. The quantitative estimate of drug-likeness (QED) is 0.737. The highest BCUT2D eigenvalue weighted by atomic mass is 35.5. The van der Waals surface area contributed by atoms with Crippen molar-refractivity contribution in [2.45, 2.75) is 24.7 Å². The highest BCUT2D eigenvalue weighted by Crippen LogP contribution is 2.47. The maximum absolute atomic E-state index is 13.2. The van der Waals surface area contributed by atoms with Gasteiger partial charge in [0.25, 0.3) is 0 Å². The van der Waals surface area contributed by atoms with Gasteiger partial charge in [-0.2, -0.15) is 5.26 Å². The Hall–Kier alpha value is -2.74. The lowest BCUT2D eigenvalue weighted by Gasteiger charge is -2.34. The van der Waals surface area contributed by atoms with Gasteiger partial charge in [-0.1, -0.05) is 53.5 Å². The molecule has 140 valence electrons. The average Bonchev–Trinajstić information content (AvgIpc) is 2.68. The van der Waals surface area contributed by atoms with E-state index in [9.17, 15) is 10.1 Å². The summed E-state index contributed by atoms with van der Waals surface area (Å²) in [6.07, 6.45) is 0.795. The van der Waals surface area contributed by atoms with Crippen molar-refractivity contribution in [3.63, 3.8) is 0 Å². The second-order valence-electron chi connectivity index (χ2n) is 6.86. The van der Waals surface area contributed by atoms with Gasteiger partial charge < -0.3 is 10.5 Å². The predicted octanol–water partition coefficient (Wildman–Crippen LogP) is 5.20. The summed E-state index contributed by atoms with van der Waals surface area (Å²) < 4.78 is 5.76. The molecule has 0 saturated carbocycles. The topological polar surface area (TPSA) is 76.1 Å². The summed E-state index contributed by atoms with van der Waals surface area (Å²) in [6, 6.07) is 16.7. The highest BCUT2D eigenvalue weighted by Gasteiger charge is 2.41. The zero-order chi connectivity index (χ0) is 19.8. The van der Waals surface area contributed by atoms with Crippen molar-refractivity contribution < 1.29 is 9.53 Å². The number of nitrogens with two attached hydrogens (primary N) is 1. The predicted molar refractivity (Wildman–Crippen MR) is 108 cm³/mol. The standard InChI is InChI=1S/C22H16Cl2N2O2/c23-14-7-5-12(6-8-14)20-16(11-25)22(26)28-19-10-13(9-18(27)21(19)20)15-3-1-2-4-17(15)24/h1-8,13,20H,9-10,26H2/t13-,20+/m1/s1. The van der Waals surface area contributed by atoms with E-state index < -0.39 is 5.92 Å². The maximum atomic E-state index is 13.2. The zero-order valence-electron chi connectivity index (χ0n) is 14.8. The lowest BCUT2D eigenvalue weighted by molar-refractivity contribution is -0.117. The number of carbonyl (C=O) groups is 1. The smallest absolute Gasteiger partial charge is 0.205 e. The van der Waals surface area contributed by atoms with E-state index in [2.05, 4.69) is 6.07 Å². The number of ether oxygens (including phenoxy) is 1. The van der Waals surface area contributed by atoms with E-state index in [1.807, 2.05) is 24.3 Å². The van der Waals surface area contributed by atoms with Gasteiger partial charge >= 0.3 is 0 Å². The number of halogens is 2. The fourth-order valence-electron chi connectivity index (χ4n) is 3.92. The Kier molecular flexibility index (Phi) is 4.89. The van der Waals surface area contributed by atoms with Crippen LogP contribution < -0.4 is 5.73 Å². The van der Waals surface area contributed by atoms with Crippen LogP contribution in [0.3, 0.4) is 0 Å². The second kappa shape index (κ2) is 7.35. The van der Waals surface area contributed by atoms with Gasteiger partial charge in [-0.05, 0) is 35.2 Å². The number of rotatable bonds is 2. The largest absolute Gasteiger partial charge is 0.444 e. The fourth-order valence-corrected chi connectivity index (χ4v) is 4.34. The van der Waals surface area contributed by atoms with E-state index in [0.29, 0.717) is 34.2 Å². The van der Waals surface area contributed by atoms with Crippen molar-refractivity contribution >= 4 is 29.0 Å². The van der Waals surface area contributed by atoms with Gasteiger partial charge in [0.15, 0.2) is 5.78 Å². The Labute approximate surface area is 172 Å². The molecule has 2 aromatic rings. The summed E-state index contributed by atoms with van der Waals surface area (Å²) in [4.78, 5) is 13.2. The van der Waals surface area contributed by atoms with Crippen LogP contribution in [0.15, 0.2) is 71.3 Å². The first-order valence-electron chi connectivity index (χ1n) is 8.83. The zero-order valence-corrected chi connectivity index (χ0v) is 16.3. The highest BCUT2D eigenvalue weighted by molar-refractivity contribution is 6.31. The normalized spacial score (nSPS) is 21.8. The molecule has 0 aromatic heterocycles. The third-order valence-corrected chi connectivity index (χ3v) is 5.81. The summed E-state index contributed by atoms with van der Waals surface area (Å²) in [5.74, 6) is -0.161. The molecule has 2 N–H and O–H groups in total. The molecule has 1 aliphatic heterocycles. The molecule has 28 heavy (non-hydrogen) atoms. The van der Waals surface area contributed by atoms with Crippen LogP contribution in [0, 0.1) is 11.3 Å². The van der Waals surface area contributed by atoms with Crippen molar-refractivity contribution in [2.24, 2.45) is 5.73 Å². The van der Waals surface area contributed by atoms with Crippen molar-refractivity contribution in [3.8, 4) is 6.07 Å². The number of hydrogen-bond donors (Lipinski definition) is 1. The SMILES string of the molecule is N#CC1=C(N)OC2=C(C(=O)C[C@@H](c3ccccc3Cl)C2)[C@H]1c1ccc(Cl)cc1. The molecule has 2 atom stereocenters. The molecular formula is C22H16Cl2N2O2. The van der Waals surface area contributed by atoms with E-state index in [1.54, 1.807) is 24.3 Å². The number of Topliss-reactive ketones (excluding diaryl/α,β-unsaturated/α-hetero) is 1. The lowest BCUT2D eigenvalue weighted by Crippen LogP contribution is -2.29. The average molecular weight is 411 g/mol. The Bertz CT molecular complexity index is 1060. The number of nitrogens with zero attached hydrogens (tertiary/aromatic N) is 1. The van der Waals surface area contributed by atoms with Gasteiger partial charge in [0.05, 0.1) is 5.92 Å². The molecular weight excluding hydrogens is 395 g/mol. The van der Waals surface area contributed by atoms with E-state index in [1.165, 1.54) is 0 Å². The van der Waals surface area contributed by atoms with Crippen LogP contribution in [0.5, 0.6) is 0 Å². The van der Waals surface area contributed by atoms with E-state index in [-0.39, 0.29) is 23.2 Å². The molecule has 0 spiro atoms. The van der Waals surface area contributed by atoms with Gasteiger partial charge in [-0.3, -0.25) is 4.79 Å². The van der Waals surface area contributed by atoms with Gasteiger partial charge in [-0.25, -0.2) is 0 Å². The molecule has 4 rings (SSSR count). The molecule has 2 aliphatic rings. The minimum Gasteiger partial charge on any atom is -0.444 e. The first-order valence-corrected chi connectivity index (χ1v) is 9.59. The summed E-state index contributed by atoms with van der Waals surface area (Å²) >= 11 is 12.3. The van der Waals surface area contributed by atoms with Crippen molar-refractivity contribution in [2.75, 3.05) is 0 Å². The third kappa shape index (κ3) is 3.17. The number of carbonyl (C=O) groups excluding carboxylic acids is 1. The Morgan fingerprint density at radius 3 is 2.46 bits per heavy atom. The molecule has 6 heteroatoms. The van der Waals surface area contributed by atoms with E-state index >= 15 is 0 Å². The molecule has 1 heterocycles. The number of benzene rings is 2. The third-order valence-electron chi connectivity index (χ3n) is 5.21. The molecule has 0 fully saturated rings. The number of nitriles is 1. The van der Waals surface area contributed by atoms with Crippen LogP contribution >= 0.6 is 23.2 Å². The van der Waals surface area contributed by atoms with Crippen LogP contribution in [0.25, 0.3) is 0 Å². The van der Waals surface area contributed by atoms with Crippen molar-refractivity contribution in [3.05, 3.63) is 92.5 Å². The Morgan fingerprint density at radius 2 is 1.79 bits per heavy atom. The van der Waals surface area contributed by atoms with Crippen LogP contribution in [0.4, 0.5) is 0 Å². The number of ketones is 1. The van der Waals surface area contributed by atoms with E-state index in [4.69, 9.17) is 33.7 Å². The fraction of sp³-hybridized carbons (Fsp3) is 0.182. The molecule has 2 aromatic carbocycles. The van der Waals surface area contributed by atoms with Crippen molar-refractivity contribution in [1.29, 1.82) is 5.26 Å². The van der Waals surface area contributed by atoms with Crippen LogP contribution in [0.2, 0.25) is 10.0 Å². The summed E-state index contributed by atoms with van der Waals surface area (Å²) in [7, 11) is 0. The molecule has 4 nitrogen and oxygen atoms in total. The molecule has 0 saturated heterocycles. The maximum Gasteiger partial charge on any atom is 0.205 e. The van der Waals surface area contributed by atoms with Gasteiger partial charge in [0.2, 0.25) is 5.88 Å². The molecule has 0 unspecified atom stereocenters. The monoisotopic (exact) mass is 410 g/mol. The minimum atomic E-state index is -0.550. The van der Waals surface area contributed by atoms with E-state index in [0.717, 1.165) is 11.1 Å². The van der Waals surface area contributed by atoms with Crippen LogP contribution in [-0.4, -0.2) is 5.78 Å². The van der Waals surface area contributed by atoms with Gasteiger partial charge in [0, 0.05) is 28.5 Å². The second-order valence-corrected chi connectivity index (χ2v) is 7.71. The number of hydrogen-bond acceptors (Lipinski definition) is 4. The first-order chi connectivity index (χ1) is 13.5. The Morgan fingerprint density at radius 1 is 1.07 bits per heavy atom. The molecule has 0 radical (unpaired) electrons. The minimum absolute atomic E-state index is 0.0359. The van der Waals surface area contributed by atoms with Gasteiger partial charge in [-0.15, -0.1) is 0 Å². The van der Waals surface area contributed by atoms with Crippen LogP contribution in [-0.2, 0) is 9.53 Å². The van der Waals surface area contributed by atoms with Crippen LogP contribution in [0.1, 0.15) is 35.8 Å². The first kappa shape index (κ1) is 18.6. The molecule has 0 bridgehead atoms. The van der Waals surface area contributed by atoms with Gasteiger partial charge in [0.1, 0.15) is 17.4 Å². The summed E-state index contributed by atoms with van der Waals surface area (Å²) in [5, 5.41) is 10.8. The molecule has 1 aliphatic carbocycles. The lowest BCUT2D eigenvalue weighted by atomic mass is 9.73. The summed E-state index contributed by atoms with van der Waals surface area (Å²) in [6.45, 7) is 0. The Balaban J connectivity index is 1.80. The molecule has 0 amide bonds. The number of allylic oxidation sites excluding steroid dienone is 3. The van der Waals surface area contributed by atoms with Crippen molar-refractivity contribution in [1.82, 2.24) is 0 Å².